The molecule has 1 heterocycles. The third kappa shape index (κ3) is 3.33. The van der Waals surface area contributed by atoms with Crippen LogP contribution in [0.15, 0.2) is 53.3 Å². The van der Waals surface area contributed by atoms with Crippen LogP contribution in [0.3, 0.4) is 0 Å². The molecule has 3 rings (SSSR count). The Morgan fingerprint density at radius 3 is 2.56 bits per heavy atom. The molecule has 6 nitrogen and oxygen atoms in total. The lowest BCUT2D eigenvalue weighted by molar-refractivity contribution is -0.132. The molecule has 0 saturated heterocycles. The van der Waals surface area contributed by atoms with E-state index in [1.807, 2.05) is 30.3 Å². The van der Waals surface area contributed by atoms with E-state index in [2.05, 4.69) is 0 Å². The van der Waals surface area contributed by atoms with E-state index < -0.39 is 11.5 Å². The summed E-state index contributed by atoms with van der Waals surface area (Å²) in [6.45, 7) is 1.56. The maximum atomic E-state index is 12.3. The van der Waals surface area contributed by atoms with Gasteiger partial charge in [-0.25, -0.2) is 0 Å². The molecule has 0 radical (unpaired) electrons. The summed E-state index contributed by atoms with van der Waals surface area (Å²) >= 11 is 0. The Morgan fingerprint density at radius 2 is 1.88 bits per heavy atom. The van der Waals surface area contributed by atoms with Crippen LogP contribution in [-0.2, 0) is 18.4 Å². The van der Waals surface area contributed by atoms with Crippen molar-refractivity contribution >= 4 is 16.9 Å². The fourth-order valence-corrected chi connectivity index (χ4v) is 2.54. The van der Waals surface area contributed by atoms with E-state index in [9.17, 15) is 14.7 Å². The van der Waals surface area contributed by atoms with Crippen molar-refractivity contribution < 1.29 is 19.4 Å². The molecular weight excluding hydrogens is 322 g/mol. The van der Waals surface area contributed by atoms with Crippen molar-refractivity contribution in [2.75, 3.05) is 0 Å². The molecule has 25 heavy (non-hydrogen) atoms. The zero-order valence-electron chi connectivity index (χ0n) is 13.9. The number of esters is 1. The number of nitrogens with zero attached hydrogens (tertiary/aromatic N) is 1. The van der Waals surface area contributed by atoms with E-state index in [1.165, 1.54) is 18.5 Å². The Kier molecular flexibility index (Phi) is 4.43. The van der Waals surface area contributed by atoms with E-state index in [0.717, 1.165) is 5.56 Å². The van der Waals surface area contributed by atoms with Crippen molar-refractivity contribution in [1.29, 1.82) is 0 Å². The third-order valence-corrected chi connectivity index (χ3v) is 3.79. The molecule has 0 fully saturated rings. The molecule has 1 aromatic heterocycles. The summed E-state index contributed by atoms with van der Waals surface area (Å²) < 4.78 is 11.9. The van der Waals surface area contributed by atoms with Crippen LogP contribution in [0.1, 0.15) is 12.5 Å². The number of aryl methyl sites for hydroxylation is 1. The Hall–Kier alpha value is -3.28. The van der Waals surface area contributed by atoms with Crippen LogP contribution in [0.4, 0.5) is 0 Å². The molecular formula is C19H17NO5. The number of fused-ring (bicyclic) bond motifs is 1. The Balaban J connectivity index is 1.99. The molecule has 0 bridgehead atoms. The van der Waals surface area contributed by atoms with Gasteiger partial charge in [0.2, 0.25) is 5.75 Å². The fourth-order valence-electron chi connectivity index (χ4n) is 2.54. The normalized spacial score (nSPS) is 10.6. The smallest absolute Gasteiger partial charge is 0.308 e. The van der Waals surface area contributed by atoms with Crippen LogP contribution in [0.5, 0.6) is 17.2 Å². The van der Waals surface area contributed by atoms with E-state index in [-0.39, 0.29) is 11.5 Å². The topological polar surface area (TPSA) is 77.8 Å². The van der Waals surface area contributed by atoms with Crippen LogP contribution in [0.2, 0.25) is 0 Å². The third-order valence-electron chi connectivity index (χ3n) is 3.79. The highest BCUT2D eigenvalue weighted by atomic mass is 16.5. The maximum absolute atomic E-state index is 12.3. The minimum absolute atomic E-state index is 0.358. The number of hydrogen-bond acceptors (Lipinski definition) is 5. The highest BCUT2D eigenvalue weighted by Gasteiger charge is 2.18. The molecule has 0 aliphatic carbocycles. The summed E-state index contributed by atoms with van der Waals surface area (Å²) in [5, 5.41) is 10.7. The lowest BCUT2D eigenvalue weighted by Crippen LogP contribution is -2.21. The van der Waals surface area contributed by atoms with Crippen LogP contribution in [-0.4, -0.2) is 15.6 Å². The predicted molar refractivity (Wildman–Crippen MR) is 92.9 cm³/mol. The molecule has 0 atom stereocenters. The molecule has 0 spiro atoms. The summed E-state index contributed by atoms with van der Waals surface area (Å²) in [5.74, 6) is -0.844. The average molecular weight is 339 g/mol. The predicted octanol–water partition coefficient (Wildman–Crippen LogP) is 2.75. The summed E-state index contributed by atoms with van der Waals surface area (Å²) in [7, 11) is 1.54. The van der Waals surface area contributed by atoms with Crippen LogP contribution in [0.25, 0.3) is 10.9 Å². The van der Waals surface area contributed by atoms with E-state index in [4.69, 9.17) is 9.47 Å². The standard InChI is InChI=1S/C19H17NO5/c1-12(21)25-18-17(22)15-9-8-14(10-16(15)20(2)19(18)23)24-11-13-6-4-3-5-7-13/h3-10,22H,11H2,1-2H3. The lowest BCUT2D eigenvalue weighted by atomic mass is 10.1. The number of carbonyl (C=O) groups is 1. The molecule has 2 aromatic carbocycles. The molecule has 128 valence electrons. The maximum Gasteiger partial charge on any atom is 0.308 e. The van der Waals surface area contributed by atoms with Gasteiger partial charge in [0.1, 0.15) is 12.4 Å². The van der Waals surface area contributed by atoms with Gasteiger partial charge in [0, 0.05) is 25.4 Å². The van der Waals surface area contributed by atoms with Crippen molar-refractivity contribution in [3.05, 3.63) is 64.4 Å². The number of carbonyl (C=O) groups excluding carboxylic acids is 1. The summed E-state index contributed by atoms with van der Waals surface area (Å²) in [6, 6.07) is 14.7. The molecule has 0 aliphatic heterocycles. The van der Waals surface area contributed by atoms with Gasteiger partial charge in [-0.2, -0.15) is 0 Å². The number of aromatic nitrogens is 1. The van der Waals surface area contributed by atoms with Crippen molar-refractivity contribution in [1.82, 2.24) is 4.57 Å². The van der Waals surface area contributed by atoms with Gasteiger partial charge >= 0.3 is 5.97 Å². The SMILES string of the molecule is CC(=O)Oc1c(O)c2ccc(OCc3ccccc3)cc2n(C)c1=O. The molecule has 0 amide bonds. The summed E-state index contributed by atoms with van der Waals surface area (Å²) in [6.07, 6.45) is 0. The minimum atomic E-state index is -0.672. The highest BCUT2D eigenvalue weighted by Crippen LogP contribution is 2.33. The van der Waals surface area contributed by atoms with E-state index >= 15 is 0 Å². The van der Waals surface area contributed by atoms with Crippen LogP contribution in [0, 0.1) is 0 Å². The first kappa shape index (κ1) is 16.6. The first-order valence-corrected chi connectivity index (χ1v) is 7.68. The molecule has 0 unspecified atom stereocenters. The Bertz CT molecular complexity index is 992. The Labute approximate surface area is 143 Å². The van der Waals surface area contributed by atoms with Gasteiger partial charge < -0.3 is 19.1 Å². The van der Waals surface area contributed by atoms with Gasteiger partial charge in [0.25, 0.3) is 5.56 Å². The monoisotopic (exact) mass is 339 g/mol. The second kappa shape index (κ2) is 6.68. The van der Waals surface area contributed by atoms with E-state index in [0.29, 0.717) is 23.3 Å². The highest BCUT2D eigenvalue weighted by molar-refractivity contribution is 5.89. The van der Waals surface area contributed by atoms with Crippen molar-refractivity contribution in [2.45, 2.75) is 13.5 Å². The molecule has 6 heteroatoms. The molecule has 1 N–H and O–H groups in total. The number of aromatic hydroxyl groups is 1. The van der Waals surface area contributed by atoms with Gasteiger partial charge in [0.15, 0.2) is 5.75 Å². The van der Waals surface area contributed by atoms with Gasteiger partial charge in [-0.1, -0.05) is 30.3 Å². The average Bonchev–Trinajstić information content (AvgIpc) is 2.62. The second-order valence-electron chi connectivity index (χ2n) is 5.59. The first-order chi connectivity index (χ1) is 12.0. The quantitative estimate of drug-likeness (QED) is 0.740. The number of hydrogen-bond donors (Lipinski definition) is 1. The van der Waals surface area contributed by atoms with Crippen LogP contribution < -0.4 is 15.0 Å². The Morgan fingerprint density at radius 1 is 1.16 bits per heavy atom. The van der Waals surface area contributed by atoms with Crippen molar-refractivity contribution in [2.24, 2.45) is 7.05 Å². The minimum Gasteiger partial charge on any atom is -0.504 e. The molecule has 3 aromatic rings. The van der Waals surface area contributed by atoms with Crippen molar-refractivity contribution in [3.63, 3.8) is 0 Å². The van der Waals surface area contributed by atoms with Gasteiger partial charge in [-0.15, -0.1) is 0 Å². The number of rotatable bonds is 4. The number of pyridine rings is 1. The fraction of sp³-hybridized carbons (Fsp3) is 0.158. The van der Waals surface area contributed by atoms with Gasteiger partial charge in [-0.3, -0.25) is 9.59 Å². The van der Waals surface area contributed by atoms with Gasteiger partial charge in [-0.05, 0) is 17.7 Å². The number of ether oxygens (including phenoxy) is 2. The zero-order chi connectivity index (χ0) is 18.0. The molecule has 0 saturated carbocycles. The van der Waals surface area contributed by atoms with Crippen LogP contribution >= 0.6 is 0 Å². The molecule has 0 aliphatic rings. The van der Waals surface area contributed by atoms with Gasteiger partial charge in [0.05, 0.1) is 5.52 Å². The van der Waals surface area contributed by atoms with Crippen molar-refractivity contribution in [3.8, 4) is 17.2 Å². The lowest BCUT2D eigenvalue weighted by Gasteiger charge is -2.13. The first-order valence-electron chi connectivity index (χ1n) is 7.68. The second-order valence-corrected chi connectivity index (χ2v) is 5.59. The summed E-state index contributed by atoms with van der Waals surface area (Å²) in [5.41, 5.74) is 0.897. The number of benzene rings is 2. The largest absolute Gasteiger partial charge is 0.504 e. The zero-order valence-corrected chi connectivity index (χ0v) is 13.9. The van der Waals surface area contributed by atoms with E-state index in [1.54, 1.807) is 18.2 Å². The summed E-state index contributed by atoms with van der Waals surface area (Å²) in [4.78, 5) is 23.5.